The summed E-state index contributed by atoms with van der Waals surface area (Å²) in [7, 11) is -2.60. The van der Waals surface area contributed by atoms with Crippen LogP contribution in [0, 0.1) is 11.8 Å². The molecule has 4 amide bonds. The topological polar surface area (TPSA) is 196 Å². The Morgan fingerprint density at radius 2 is 1.65 bits per heavy atom. The summed E-state index contributed by atoms with van der Waals surface area (Å²) in [5.41, 5.74) is 2.49. The standard InChI is InChI=1S/C41H57N7O8S/c1-7-29(5)38(48-22-21-46(40(48)51)26-32-15-12-16-34(43-32)36(8-2)45(6)41(52)53)39(50)44-35(23-30-13-10-9-11-14-30)37(49)27-47(25-28(3)4)57(55,56)33-19-17-31(18-20-33)24-42-54/h9-20,24,28-29,35-38,49,54H,7-8,21-23,25-27H2,1-6H3,(H,44,50)(H,52,53)/t29-,35-,36?,37+,38-/m0/s1. The van der Waals surface area contributed by atoms with Crippen molar-refractivity contribution in [1.82, 2.24) is 29.3 Å². The summed E-state index contributed by atoms with van der Waals surface area (Å²) in [6.45, 7) is 10.0. The minimum atomic E-state index is -4.10. The van der Waals surface area contributed by atoms with Crippen molar-refractivity contribution in [2.45, 2.75) is 89.6 Å². The number of aliphatic hydroxyl groups excluding tert-OH is 1. The molecule has 0 saturated carbocycles. The minimum Gasteiger partial charge on any atom is -0.465 e. The number of hydrogen-bond donors (Lipinski definition) is 4. The number of urea groups is 1. The Morgan fingerprint density at radius 3 is 2.25 bits per heavy atom. The number of pyridine rings is 1. The largest absolute Gasteiger partial charge is 0.465 e. The van der Waals surface area contributed by atoms with E-state index in [1.54, 1.807) is 28.0 Å². The molecule has 3 aromatic rings. The summed E-state index contributed by atoms with van der Waals surface area (Å²) in [5.74, 6) is -0.814. The third kappa shape index (κ3) is 11.5. The van der Waals surface area contributed by atoms with Crippen LogP contribution in [0.25, 0.3) is 0 Å². The average molecular weight is 808 g/mol. The van der Waals surface area contributed by atoms with E-state index in [0.29, 0.717) is 36.3 Å². The van der Waals surface area contributed by atoms with Crippen molar-refractivity contribution in [3.63, 3.8) is 0 Å². The number of carbonyl (C=O) groups is 3. The number of nitrogens with one attached hydrogen (secondary N) is 1. The van der Waals surface area contributed by atoms with Gasteiger partial charge in [0.05, 0.1) is 47.2 Å². The van der Waals surface area contributed by atoms with Gasteiger partial charge in [0.2, 0.25) is 15.9 Å². The number of amides is 4. The molecule has 1 aliphatic heterocycles. The Hall–Kier alpha value is -5.06. The molecule has 0 bridgehead atoms. The van der Waals surface area contributed by atoms with Gasteiger partial charge in [0.1, 0.15) is 6.04 Å². The monoisotopic (exact) mass is 807 g/mol. The Kier molecular flexibility index (Phi) is 16.0. The highest BCUT2D eigenvalue weighted by Crippen LogP contribution is 2.26. The van der Waals surface area contributed by atoms with Crippen LogP contribution in [-0.2, 0) is 27.8 Å². The summed E-state index contributed by atoms with van der Waals surface area (Å²) in [6.07, 6.45) is 0.0776. The van der Waals surface area contributed by atoms with Crippen LogP contribution in [-0.4, -0.2) is 123 Å². The van der Waals surface area contributed by atoms with Crippen LogP contribution < -0.4 is 5.32 Å². The van der Waals surface area contributed by atoms with Crippen molar-refractivity contribution in [3.05, 3.63) is 95.3 Å². The maximum atomic E-state index is 14.4. The first kappa shape index (κ1) is 44.7. The van der Waals surface area contributed by atoms with E-state index in [1.807, 2.05) is 65.0 Å². The highest BCUT2D eigenvalue weighted by atomic mass is 32.2. The molecule has 15 nitrogen and oxygen atoms in total. The SMILES string of the molecule is CCC(c1cccc(CN2CCN([C@H](C(=O)N[C@@H](Cc3ccccc3)[C@H](O)CN(CC(C)C)S(=O)(=O)c3ccc(C=NO)cc3)[C@@H](C)CC)C2=O)n1)N(C)C(=O)O. The number of hydrogen-bond acceptors (Lipinski definition) is 9. The molecule has 1 fully saturated rings. The lowest BCUT2D eigenvalue weighted by Gasteiger charge is -2.35. The minimum absolute atomic E-state index is 0.00252. The van der Waals surface area contributed by atoms with Crippen molar-refractivity contribution < 1.29 is 38.2 Å². The number of nitrogens with zero attached hydrogens (tertiary/aromatic N) is 6. The first-order chi connectivity index (χ1) is 27.1. The van der Waals surface area contributed by atoms with E-state index < -0.39 is 46.3 Å². The zero-order chi connectivity index (χ0) is 41.9. The van der Waals surface area contributed by atoms with E-state index in [-0.39, 0.29) is 55.4 Å². The molecule has 5 atom stereocenters. The summed E-state index contributed by atoms with van der Waals surface area (Å²) in [4.78, 5) is 49.2. The highest BCUT2D eigenvalue weighted by Gasteiger charge is 2.41. The second-order valence-electron chi connectivity index (χ2n) is 15.0. The lowest BCUT2D eigenvalue weighted by molar-refractivity contribution is -0.128. The van der Waals surface area contributed by atoms with Gasteiger partial charge in [-0.1, -0.05) is 94.7 Å². The van der Waals surface area contributed by atoms with E-state index in [2.05, 4.69) is 10.5 Å². The maximum absolute atomic E-state index is 14.4. The van der Waals surface area contributed by atoms with Crippen molar-refractivity contribution >= 4 is 34.3 Å². The number of sulfonamides is 1. The van der Waals surface area contributed by atoms with Crippen LogP contribution in [0.5, 0.6) is 0 Å². The van der Waals surface area contributed by atoms with Gasteiger partial charge >= 0.3 is 12.1 Å². The molecule has 1 aromatic heterocycles. The molecule has 2 aromatic carbocycles. The molecule has 0 radical (unpaired) electrons. The Labute approximate surface area is 336 Å². The second kappa shape index (κ2) is 20.4. The smallest absolute Gasteiger partial charge is 0.407 e. The molecule has 1 unspecified atom stereocenters. The van der Waals surface area contributed by atoms with E-state index in [4.69, 9.17) is 10.2 Å². The normalized spacial score (nSPS) is 16.2. The fourth-order valence-corrected chi connectivity index (χ4v) is 8.72. The number of carboxylic acid groups (broad SMARTS) is 1. The molecule has 57 heavy (non-hydrogen) atoms. The van der Waals surface area contributed by atoms with Gasteiger partial charge in [0, 0.05) is 33.2 Å². The number of aromatic nitrogens is 1. The van der Waals surface area contributed by atoms with Gasteiger partial charge in [-0.15, -0.1) is 0 Å². The second-order valence-corrected chi connectivity index (χ2v) is 16.9. The molecule has 310 valence electrons. The van der Waals surface area contributed by atoms with E-state index in [9.17, 15) is 33.0 Å². The predicted molar refractivity (Wildman–Crippen MR) is 216 cm³/mol. The molecule has 2 heterocycles. The molecule has 16 heteroatoms. The molecule has 0 spiro atoms. The molecule has 1 saturated heterocycles. The molecule has 0 aliphatic carbocycles. The number of carbonyl (C=O) groups excluding carboxylic acids is 2. The third-order valence-corrected chi connectivity index (χ3v) is 12.2. The maximum Gasteiger partial charge on any atom is 0.407 e. The van der Waals surface area contributed by atoms with E-state index in [1.165, 1.54) is 46.7 Å². The summed E-state index contributed by atoms with van der Waals surface area (Å²) in [6, 6.07) is 17.9. The third-order valence-electron chi connectivity index (χ3n) is 10.4. The quantitative estimate of drug-likeness (QED) is 0.0687. The first-order valence-electron chi connectivity index (χ1n) is 19.4. The Morgan fingerprint density at radius 1 is 0.965 bits per heavy atom. The zero-order valence-corrected chi connectivity index (χ0v) is 34.4. The zero-order valence-electron chi connectivity index (χ0n) is 33.6. The Bertz CT molecular complexity index is 1930. The van der Waals surface area contributed by atoms with E-state index >= 15 is 0 Å². The van der Waals surface area contributed by atoms with Crippen LogP contribution in [0.4, 0.5) is 9.59 Å². The van der Waals surface area contributed by atoms with Gasteiger partial charge in [-0.3, -0.25) is 9.78 Å². The lowest BCUT2D eigenvalue weighted by Crippen LogP contribution is -2.57. The molecular formula is C41H57N7O8S. The van der Waals surface area contributed by atoms with Crippen molar-refractivity contribution in [2.75, 3.05) is 33.2 Å². The molecule has 4 rings (SSSR count). The number of aliphatic hydroxyl groups is 1. The molecular weight excluding hydrogens is 751 g/mol. The van der Waals surface area contributed by atoms with Crippen molar-refractivity contribution in [1.29, 1.82) is 0 Å². The van der Waals surface area contributed by atoms with Crippen LogP contribution in [0.3, 0.4) is 0 Å². The number of rotatable bonds is 20. The van der Waals surface area contributed by atoms with Crippen molar-refractivity contribution in [2.24, 2.45) is 17.0 Å². The van der Waals surface area contributed by atoms with Gasteiger partial charge in [-0.2, -0.15) is 4.31 Å². The van der Waals surface area contributed by atoms with Gasteiger partial charge < -0.3 is 35.4 Å². The van der Waals surface area contributed by atoms with Crippen LogP contribution >= 0.6 is 0 Å². The van der Waals surface area contributed by atoms with Crippen LogP contribution in [0.1, 0.15) is 76.0 Å². The summed E-state index contributed by atoms with van der Waals surface area (Å²) < 4.78 is 29.2. The Balaban J connectivity index is 1.58. The summed E-state index contributed by atoms with van der Waals surface area (Å²) >= 11 is 0. The van der Waals surface area contributed by atoms with Gasteiger partial charge in [-0.25, -0.2) is 18.0 Å². The number of oxime groups is 1. The van der Waals surface area contributed by atoms with Gasteiger partial charge in [0.15, 0.2) is 0 Å². The predicted octanol–water partition coefficient (Wildman–Crippen LogP) is 5.04. The molecule has 4 N–H and O–H groups in total. The van der Waals surface area contributed by atoms with Crippen LogP contribution in [0.2, 0.25) is 0 Å². The molecule has 1 aliphatic rings. The lowest BCUT2D eigenvalue weighted by atomic mass is 9.95. The average Bonchev–Trinajstić information content (AvgIpc) is 3.53. The van der Waals surface area contributed by atoms with Gasteiger partial charge in [0.25, 0.3) is 0 Å². The van der Waals surface area contributed by atoms with Crippen molar-refractivity contribution in [3.8, 4) is 0 Å². The highest BCUT2D eigenvalue weighted by molar-refractivity contribution is 7.89. The fraction of sp³-hybridized carbons (Fsp3) is 0.488. The van der Waals surface area contributed by atoms with Gasteiger partial charge in [-0.05, 0) is 60.1 Å². The van der Waals surface area contributed by atoms with Crippen LogP contribution in [0.15, 0.2) is 82.8 Å². The number of benzene rings is 2. The van der Waals surface area contributed by atoms with E-state index in [0.717, 1.165) is 5.56 Å². The summed E-state index contributed by atoms with van der Waals surface area (Å²) in [5, 5.41) is 36.3. The first-order valence-corrected chi connectivity index (χ1v) is 20.8. The fourth-order valence-electron chi connectivity index (χ4n) is 7.09.